The summed E-state index contributed by atoms with van der Waals surface area (Å²) < 4.78 is 10.9. The molecule has 0 aliphatic carbocycles. The molecule has 12 heteroatoms. The highest BCUT2D eigenvalue weighted by molar-refractivity contribution is 7.17. The third-order valence-electron chi connectivity index (χ3n) is 4.58. The number of hydrogen-bond acceptors (Lipinski definition) is 9. The quantitative estimate of drug-likeness (QED) is 0.397. The molecule has 0 unspecified atom stereocenters. The van der Waals surface area contributed by atoms with Gasteiger partial charge >= 0.3 is 5.97 Å². The van der Waals surface area contributed by atoms with Crippen LogP contribution in [0.1, 0.15) is 51.9 Å². The number of thiophene rings is 1. The fraction of sp³-hybridized carbons (Fsp3) is 0.368. The molecule has 1 aromatic carbocycles. The van der Waals surface area contributed by atoms with E-state index in [1.54, 1.807) is 6.92 Å². The van der Waals surface area contributed by atoms with E-state index in [0.717, 1.165) is 34.4 Å². The van der Waals surface area contributed by atoms with Crippen LogP contribution in [-0.2, 0) is 22.5 Å². The van der Waals surface area contributed by atoms with Gasteiger partial charge in [0.2, 0.25) is 0 Å². The van der Waals surface area contributed by atoms with Crippen molar-refractivity contribution in [3.05, 3.63) is 60.0 Å². The first-order chi connectivity index (χ1) is 14.5. The fourth-order valence-electron chi connectivity index (χ4n) is 3.17. The molecule has 0 bridgehead atoms. The molecule has 2 heterocycles. The van der Waals surface area contributed by atoms with Gasteiger partial charge in [0.25, 0.3) is 17.3 Å². The molecule has 0 atom stereocenters. The number of amides is 1. The normalized spacial score (nSPS) is 14.4. The predicted molar refractivity (Wildman–Crippen MR) is 111 cm³/mol. The number of carbonyl (C=O) groups is 2. The van der Waals surface area contributed by atoms with E-state index < -0.39 is 38.7 Å². The number of anilines is 1. The van der Waals surface area contributed by atoms with Crippen molar-refractivity contribution >= 4 is 39.6 Å². The van der Waals surface area contributed by atoms with Gasteiger partial charge in [-0.2, -0.15) is 0 Å². The minimum atomic E-state index is -0.823. The second-order valence-electron chi connectivity index (χ2n) is 7.36. The number of nitro benzene ring substituents is 2. The van der Waals surface area contributed by atoms with Gasteiger partial charge in [-0.05, 0) is 26.3 Å². The zero-order valence-corrected chi connectivity index (χ0v) is 17.7. The number of hydrogen-bond donors (Lipinski definition) is 1. The van der Waals surface area contributed by atoms with Crippen LogP contribution in [0.4, 0.5) is 16.4 Å². The van der Waals surface area contributed by atoms with E-state index >= 15 is 0 Å². The number of rotatable bonds is 6. The Morgan fingerprint density at radius 3 is 2.35 bits per heavy atom. The first-order valence-corrected chi connectivity index (χ1v) is 10.0. The first-order valence-electron chi connectivity index (χ1n) is 9.23. The van der Waals surface area contributed by atoms with Crippen LogP contribution in [0.5, 0.6) is 0 Å². The van der Waals surface area contributed by atoms with Crippen LogP contribution in [0.15, 0.2) is 18.2 Å². The minimum absolute atomic E-state index is 0.133. The Morgan fingerprint density at radius 2 is 1.81 bits per heavy atom. The molecule has 0 saturated carbocycles. The molecule has 1 aliphatic rings. The van der Waals surface area contributed by atoms with Gasteiger partial charge in [0.15, 0.2) is 0 Å². The van der Waals surface area contributed by atoms with E-state index in [0.29, 0.717) is 12.0 Å². The number of fused-ring (bicyclic) bond motifs is 1. The molecule has 0 radical (unpaired) electrons. The maximum Gasteiger partial charge on any atom is 0.341 e. The van der Waals surface area contributed by atoms with Crippen molar-refractivity contribution in [3.8, 4) is 0 Å². The van der Waals surface area contributed by atoms with Crippen molar-refractivity contribution in [2.45, 2.75) is 39.4 Å². The molecule has 1 amide bonds. The van der Waals surface area contributed by atoms with E-state index in [2.05, 4.69) is 5.32 Å². The summed E-state index contributed by atoms with van der Waals surface area (Å²) in [5, 5.41) is 25.0. The second-order valence-corrected chi connectivity index (χ2v) is 8.47. The van der Waals surface area contributed by atoms with Crippen molar-refractivity contribution in [3.63, 3.8) is 0 Å². The maximum atomic E-state index is 12.8. The molecular weight excluding hydrogens is 430 g/mol. The van der Waals surface area contributed by atoms with E-state index in [1.807, 2.05) is 13.8 Å². The standard InChI is InChI=1S/C19H19N3O8S/c1-4-29-18(24)15-13-8-19(2,3)30-9-14(13)31-17(15)20-16(23)10-5-11(21(25)26)7-12(6-10)22(27)28/h5-7H,4,8-9H2,1-3H3,(H,20,23). The lowest BCUT2D eigenvalue weighted by atomic mass is 9.93. The highest BCUT2D eigenvalue weighted by atomic mass is 32.1. The maximum absolute atomic E-state index is 12.8. The third kappa shape index (κ3) is 4.70. The zero-order chi connectivity index (χ0) is 22.9. The first kappa shape index (κ1) is 22.3. The summed E-state index contributed by atoms with van der Waals surface area (Å²) in [5.41, 5.74) is -1.07. The van der Waals surface area contributed by atoms with Crippen molar-refractivity contribution in [1.29, 1.82) is 0 Å². The molecule has 164 valence electrons. The van der Waals surface area contributed by atoms with E-state index in [9.17, 15) is 29.8 Å². The predicted octanol–water partition coefficient (Wildman–Crippen LogP) is 3.84. The van der Waals surface area contributed by atoms with Crippen molar-refractivity contribution in [2.24, 2.45) is 0 Å². The highest BCUT2D eigenvalue weighted by Crippen LogP contribution is 2.41. The van der Waals surface area contributed by atoms with Gasteiger partial charge in [0, 0.05) is 23.4 Å². The zero-order valence-electron chi connectivity index (χ0n) is 16.9. The minimum Gasteiger partial charge on any atom is -0.462 e. The van der Waals surface area contributed by atoms with E-state index in [-0.39, 0.29) is 29.3 Å². The molecule has 2 aromatic rings. The summed E-state index contributed by atoms with van der Waals surface area (Å²) in [6, 6.07) is 2.64. The summed E-state index contributed by atoms with van der Waals surface area (Å²) in [6.45, 7) is 5.79. The Kier molecular flexibility index (Phi) is 6.04. The van der Waals surface area contributed by atoms with E-state index in [4.69, 9.17) is 9.47 Å². The fourth-order valence-corrected chi connectivity index (χ4v) is 4.29. The van der Waals surface area contributed by atoms with Gasteiger partial charge < -0.3 is 14.8 Å². The summed E-state index contributed by atoms with van der Waals surface area (Å²) in [6.07, 6.45) is 0.422. The molecule has 11 nitrogen and oxygen atoms in total. The molecule has 3 rings (SSSR count). The lowest BCUT2D eigenvalue weighted by molar-refractivity contribution is -0.394. The number of nitrogens with one attached hydrogen (secondary N) is 1. The topological polar surface area (TPSA) is 151 Å². The number of benzene rings is 1. The number of esters is 1. The molecule has 0 spiro atoms. The molecule has 0 fully saturated rings. The Bertz CT molecular complexity index is 1060. The number of nitro groups is 2. The number of ether oxygens (including phenoxy) is 2. The lowest BCUT2D eigenvalue weighted by Crippen LogP contribution is -2.32. The van der Waals surface area contributed by atoms with Crippen LogP contribution in [0.25, 0.3) is 0 Å². The van der Waals surface area contributed by atoms with Crippen LogP contribution in [-0.4, -0.2) is 33.9 Å². The number of carbonyl (C=O) groups excluding carboxylic acids is 2. The van der Waals surface area contributed by atoms with Crippen LogP contribution < -0.4 is 5.32 Å². The number of non-ortho nitro benzene ring substituents is 2. The Hall–Kier alpha value is -3.38. The van der Waals surface area contributed by atoms with Gasteiger partial charge in [-0.3, -0.25) is 25.0 Å². The molecule has 1 aliphatic heterocycles. The summed E-state index contributed by atoms with van der Waals surface area (Å²) in [7, 11) is 0. The van der Waals surface area contributed by atoms with Crippen LogP contribution in [0.2, 0.25) is 0 Å². The van der Waals surface area contributed by atoms with Crippen LogP contribution >= 0.6 is 11.3 Å². The third-order valence-corrected chi connectivity index (χ3v) is 5.70. The van der Waals surface area contributed by atoms with Crippen molar-refractivity contribution in [2.75, 3.05) is 11.9 Å². The Morgan fingerprint density at radius 1 is 1.19 bits per heavy atom. The average Bonchev–Trinajstić information content (AvgIpc) is 3.03. The SMILES string of the molecule is CCOC(=O)c1c(NC(=O)c2cc([N+](=O)[O-])cc([N+](=O)[O-])c2)sc2c1CC(C)(C)OC2. The molecule has 1 N–H and O–H groups in total. The average molecular weight is 449 g/mol. The second kappa shape index (κ2) is 8.40. The monoisotopic (exact) mass is 449 g/mol. The van der Waals surface area contributed by atoms with E-state index in [1.165, 1.54) is 0 Å². The Labute approximate surface area is 180 Å². The van der Waals surface area contributed by atoms with Crippen molar-refractivity contribution < 1.29 is 28.9 Å². The van der Waals surface area contributed by atoms with Gasteiger partial charge in [-0.1, -0.05) is 0 Å². The van der Waals surface area contributed by atoms with Gasteiger partial charge in [-0.25, -0.2) is 4.79 Å². The molecule has 1 aromatic heterocycles. The number of nitrogens with zero attached hydrogens (tertiary/aromatic N) is 2. The van der Waals surface area contributed by atoms with Crippen molar-refractivity contribution in [1.82, 2.24) is 0 Å². The van der Waals surface area contributed by atoms with Gasteiger partial charge in [0.05, 0.1) is 45.9 Å². The van der Waals surface area contributed by atoms with Gasteiger partial charge in [-0.15, -0.1) is 11.3 Å². The lowest BCUT2D eigenvalue weighted by Gasteiger charge is -2.30. The van der Waals surface area contributed by atoms with Crippen LogP contribution in [0.3, 0.4) is 0 Å². The molecule has 31 heavy (non-hydrogen) atoms. The Balaban J connectivity index is 2.02. The van der Waals surface area contributed by atoms with Gasteiger partial charge in [0.1, 0.15) is 5.00 Å². The molecular formula is C19H19N3O8S. The summed E-state index contributed by atoms with van der Waals surface area (Å²) in [4.78, 5) is 46.7. The molecule has 0 saturated heterocycles. The smallest absolute Gasteiger partial charge is 0.341 e. The van der Waals surface area contributed by atoms with Crippen LogP contribution in [0, 0.1) is 20.2 Å². The largest absolute Gasteiger partial charge is 0.462 e. The summed E-state index contributed by atoms with van der Waals surface area (Å²) >= 11 is 1.14. The highest BCUT2D eigenvalue weighted by Gasteiger charge is 2.34. The summed E-state index contributed by atoms with van der Waals surface area (Å²) in [5.74, 6) is -1.44.